The zero-order valence-electron chi connectivity index (χ0n) is 8.22. The summed E-state index contributed by atoms with van der Waals surface area (Å²) in [5.41, 5.74) is 0. The SMILES string of the molecule is CC(Cl)CCN(C)CCC1CC1. The van der Waals surface area contributed by atoms with Crippen molar-refractivity contribution in [3.63, 3.8) is 0 Å². The van der Waals surface area contributed by atoms with Crippen molar-refractivity contribution in [2.24, 2.45) is 5.92 Å². The lowest BCUT2D eigenvalue weighted by atomic mass is 10.2. The smallest absolute Gasteiger partial charge is 0.0320 e. The quantitative estimate of drug-likeness (QED) is 0.581. The van der Waals surface area contributed by atoms with Crippen LogP contribution in [0.2, 0.25) is 0 Å². The van der Waals surface area contributed by atoms with Gasteiger partial charge in [-0.05, 0) is 45.8 Å². The summed E-state index contributed by atoms with van der Waals surface area (Å²) >= 11 is 5.87. The van der Waals surface area contributed by atoms with E-state index < -0.39 is 0 Å². The molecule has 0 amide bonds. The Hall–Kier alpha value is 0.250. The molecule has 0 aromatic carbocycles. The molecule has 1 aliphatic carbocycles. The number of rotatable bonds is 6. The Morgan fingerprint density at radius 1 is 1.42 bits per heavy atom. The van der Waals surface area contributed by atoms with E-state index in [0.29, 0.717) is 5.38 Å². The van der Waals surface area contributed by atoms with E-state index in [-0.39, 0.29) is 0 Å². The number of hydrogen-bond acceptors (Lipinski definition) is 1. The molecule has 72 valence electrons. The zero-order chi connectivity index (χ0) is 8.97. The van der Waals surface area contributed by atoms with Crippen LogP contribution in [-0.2, 0) is 0 Å². The highest BCUT2D eigenvalue weighted by atomic mass is 35.5. The van der Waals surface area contributed by atoms with Gasteiger partial charge in [0.2, 0.25) is 0 Å². The van der Waals surface area contributed by atoms with Crippen LogP contribution in [0.25, 0.3) is 0 Å². The Labute approximate surface area is 81.1 Å². The fourth-order valence-corrected chi connectivity index (χ4v) is 1.42. The molecule has 0 heterocycles. The van der Waals surface area contributed by atoms with Gasteiger partial charge in [0, 0.05) is 5.38 Å². The highest BCUT2D eigenvalue weighted by molar-refractivity contribution is 6.20. The van der Waals surface area contributed by atoms with E-state index in [9.17, 15) is 0 Å². The van der Waals surface area contributed by atoms with Gasteiger partial charge in [-0.25, -0.2) is 0 Å². The van der Waals surface area contributed by atoms with Gasteiger partial charge in [0.1, 0.15) is 0 Å². The molecule has 1 atom stereocenters. The summed E-state index contributed by atoms with van der Waals surface area (Å²) in [4.78, 5) is 2.40. The normalized spacial score (nSPS) is 20.0. The monoisotopic (exact) mass is 189 g/mol. The molecule has 1 aliphatic rings. The van der Waals surface area contributed by atoms with Gasteiger partial charge < -0.3 is 4.90 Å². The molecule has 0 aromatic rings. The molecule has 0 radical (unpaired) electrons. The number of nitrogens with zero attached hydrogens (tertiary/aromatic N) is 1. The first-order valence-electron chi connectivity index (χ1n) is 5.01. The molecule has 1 nitrogen and oxygen atoms in total. The van der Waals surface area contributed by atoms with Crippen LogP contribution in [0.1, 0.15) is 32.6 Å². The Kier molecular flexibility index (Phi) is 4.38. The molecule has 2 heteroatoms. The fraction of sp³-hybridized carbons (Fsp3) is 1.00. The lowest BCUT2D eigenvalue weighted by Crippen LogP contribution is -2.22. The topological polar surface area (TPSA) is 3.24 Å². The van der Waals surface area contributed by atoms with Crippen molar-refractivity contribution < 1.29 is 0 Å². The molecule has 0 saturated heterocycles. The molecule has 0 aliphatic heterocycles. The highest BCUT2D eigenvalue weighted by Crippen LogP contribution is 2.32. The average Bonchev–Trinajstić information content (AvgIpc) is 2.80. The highest BCUT2D eigenvalue weighted by Gasteiger charge is 2.20. The van der Waals surface area contributed by atoms with Gasteiger partial charge in [-0.15, -0.1) is 11.6 Å². The summed E-state index contributed by atoms with van der Waals surface area (Å²) in [5.74, 6) is 1.06. The summed E-state index contributed by atoms with van der Waals surface area (Å²) in [6.07, 6.45) is 5.45. The Morgan fingerprint density at radius 2 is 2.08 bits per heavy atom. The molecular formula is C10H20ClN. The third kappa shape index (κ3) is 5.00. The van der Waals surface area contributed by atoms with Crippen LogP contribution < -0.4 is 0 Å². The maximum atomic E-state index is 5.87. The van der Waals surface area contributed by atoms with Gasteiger partial charge in [0.05, 0.1) is 0 Å². The maximum absolute atomic E-state index is 5.87. The first kappa shape index (κ1) is 10.3. The van der Waals surface area contributed by atoms with Crippen molar-refractivity contribution in [1.29, 1.82) is 0 Å². The van der Waals surface area contributed by atoms with Gasteiger partial charge >= 0.3 is 0 Å². The van der Waals surface area contributed by atoms with E-state index in [1.165, 1.54) is 25.8 Å². The van der Waals surface area contributed by atoms with Crippen LogP contribution in [0.5, 0.6) is 0 Å². The summed E-state index contributed by atoms with van der Waals surface area (Å²) in [6, 6.07) is 0. The van der Waals surface area contributed by atoms with Crippen LogP contribution in [0, 0.1) is 5.92 Å². The van der Waals surface area contributed by atoms with E-state index in [1.54, 1.807) is 0 Å². The molecule has 0 N–H and O–H groups in total. The molecule has 0 spiro atoms. The van der Waals surface area contributed by atoms with Crippen molar-refractivity contribution in [2.75, 3.05) is 20.1 Å². The van der Waals surface area contributed by atoms with E-state index in [2.05, 4.69) is 18.9 Å². The van der Waals surface area contributed by atoms with E-state index in [1.807, 2.05) is 0 Å². The molecule has 1 rings (SSSR count). The predicted octanol–water partition coefficient (Wildman–Crippen LogP) is 2.74. The van der Waals surface area contributed by atoms with Crippen LogP contribution in [0.4, 0.5) is 0 Å². The number of halogens is 1. The van der Waals surface area contributed by atoms with Crippen molar-refractivity contribution in [1.82, 2.24) is 4.90 Å². The lowest BCUT2D eigenvalue weighted by molar-refractivity contribution is 0.317. The van der Waals surface area contributed by atoms with Gasteiger partial charge in [0.25, 0.3) is 0 Å². The maximum Gasteiger partial charge on any atom is 0.0320 e. The van der Waals surface area contributed by atoms with Crippen LogP contribution in [0.15, 0.2) is 0 Å². The summed E-state index contributed by atoms with van der Waals surface area (Å²) in [6.45, 7) is 4.47. The molecule has 12 heavy (non-hydrogen) atoms. The van der Waals surface area contributed by atoms with Gasteiger partial charge in [-0.1, -0.05) is 12.8 Å². The number of alkyl halides is 1. The summed E-state index contributed by atoms with van der Waals surface area (Å²) in [7, 11) is 2.20. The molecule has 1 unspecified atom stereocenters. The molecule has 0 bridgehead atoms. The van der Waals surface area contributed by atoms with Crippen LogP contribution >= 0.6 is 11.6 Å². The van der Waals surface area contributed by atoms with Crippen molar-refractivity contribution >= 4 is 11.6 Å². The zero-order valence-corrected chi connectivity index (χ0v) is 8.98. The predicted molar refractivity (Wildman–Crippen MR) is 54.8 cm³/mol. The van der Waals surface area contributed by atoms with Crippen molar-refractivity contribution in [2.45, 2.75) is 38.0 Å². The first-order valence-corrected chi connectivity index (χ1v) is 5.44. The van der Waals surface area contributed by atoms with Crippen LogP contribution in [0.3, 0.4) is 0 Å². The Morgan fingerprint density at radius 3 is 2.58 bits per heavy atom. The summed E-state index contributed by atoms with van der Waals surface area (Å²) in [5, 5.41) is 0.327. The van der Waals surface area contributed by atoms with E-state index >= 15 is 0 Å². The number of hydrogen-bond donors (Lipinski definition) is 0. The minimum Gasteiger partial charge on any atom is -0.306 e. The van der Waals surface area contributed by atoms with Crippen LogP contribution in [-0.4, -0.2) is 30.4 Å². The standard InChI is InChI=1S/C10H20ClN/c1-9(11)5-7-12(2)8-6-10-3-4-10/h9-10H,3-8H2,1-2H3. The van der Waals surface area contributed by atoms with Gasteiger partial charge in [0.15, 0.2) is 0 Å². The van der Waals surface area contributed by atoms with Crippen molar-refractivity contribution in [3.8, 4) is 0 Å². The second-order valence-electron chi connectivity index (χ2n) is 4.10. The molecule has 1 saturated carbocycles. The molecule has 0 aromatic heterocycles. The minimum absolute atomic E-state index is 0.327. The van der Waals surface area contributed by atoms with Crippen molar-refractivity contribution in [3.05, 3.63) is 0 Å². The average molecular weight is 190 g/mol. The van der Waals surface area contributed by atoms with E-state index in [4.69, 9.17) is 11.6 Å². The second-order valence-corrected chi connectivity index (χ2v) is 4.85. The van der Waals surface area contributed by atoms with Gasteiger partial charge in [-0.3, -0.25) is 0 Å². The minimum atomic E-state index is 0.327. The third-order valence-corrected chi connectivity index (χ3v) is 2.74. The lowest BCUT2D eigenvalue weighted by Gasteiger charge is -2.16. The first-order chi connectivity index (χ1) is 5.68. The summed E-state index contributed by atoms with van der Waals surface area (Å²) < 4.78 is 0. The molecule has 1 fully saturated rings. The third-order valence-electron chi connectivity index (χ3n) is 2.52. The largest absolute Gasteiger partial charge is 0.306 e. The fourth-order valence-electron chi connectivity index (χ4n) is 1.32. The van der Waals surface area contributed by atoms with Gasteiger partial charge in [-0.2, -0.15) is 0 Å². The van der Waals surface area contributed by atoms with E-state index in [0.717, 1.165) is 18.9 Å². The Balaban J connectivity index is 1.91. The molecular weight excluding hydrogens is 170 g/mol. The Bertz CT molecular complexity index is 115. The second kappa shape index (κ2) is 5.08.